The van der Waals surface area contributed by atoms with Gasteiger partial charge in [0.25, 0.3) is 5.91 Å². The van der Waals surface area contributed by atoms with Gasteiger partial charge in [-0.05, 0) is 31.4 Å². The Kier molecular flexibility index (Phi) is 5.24. The number of amides is 1. The van der Waals surface area contributed by atoms with Crippen LogP contribution in [-0.2, 0) is 6.18 Å². The van der Waals surface area contributed by atoms with Gasteiger partial charge >= 0.3 is 6.18 Å². The minimum atomic E-state index is -4.58. The predicted octanol–water partition coefficient (Wildman–Crippen LogP) is 3.54. The Balaban J connectivity index is 1.68. The van der Waals surface area contributed by atoms with Crippen molar-refractivity contribution in [1.29, 1.82) is 0 Å². The van der Waals surface area contributed by atoms with Crippen molar-refractivity contribution >= 4 is 11.7 Å². The van der Waals surface area contributed by atoms with Crippen molar-refractivity contribution in [2.24, 2.45) is 0 Å². The molecule has 0 spiro atoms. The molecule has 1 unspecified atom stereocenters. The molecule has 1 saturated carbocycles. The van der Waals surface area contributed by atoms with Crippen molar-refractivity contribution < 1.29 is 26.7 Å². The maximum absolute atomic E-state index is 13.7. The molecule has 1 heterocycles. The van der Waals surface area contributed by atoms with Gasteiger partial charge in [-0.15, -0.1) is 0 Å². The summed E-state index contributed by atoms with van der Waals surface area (Å²) < 4.78 is 65.0. The monoisotopic (exact) mass is 386 g/mol. The molecule has 10 heteroatoms. The molecule has 1 aliphatic rings. The Hall–Kier alpha value is -2.78. The second-order valence-electron chi connectivity index (χ2n) is 6.14. The van der Waals surface area contributed by atoms with E-state index in [0.717, 1.165) is 30.8 Å². The van der Waals surface area contributed by atoms with E-state index in [-0.39, 0.29) is 11.9 Å². The van der Waals surface area contributed by atoms with E-state index in [1.807, 2.05) is 0 Å². The molecule has 1 aromatic carbocycles. The van der Waals surface area contributed by atoms with E-state index in [9.17, 15) is 26.7 Å². The molecule has 2 N–H and O–H groups in total. The van der Waals surface area contributed by atoms with Crippen LogP contribution in [0.2, 0.25) is 0 Å². The van der Waals surface area contributed by atoms with E-state index in [2.05, 4.69) is 20.6 Å². The third kappa shape index (κ3) is 4.32. The number of anilines is 1. The molecule has 1 aliphatic carbocycles. The first-order chi connectivity index (χ1) is 12.8. The first-order valence-electron chi connectivity index (χ1n) is 8.16. The fraction of sp³-hybridized carbons (Fsp3) is 0.353. The minimum Gasteiger partial charge on any atom is -0.364 e. The lowest BCUT2D eigenvalue weighted by atomic mass is 10.1. The quantitative estimate of drug-likeness (QED) is 0.789. The highest BCUT2D eigenvalue weighted by Crippen LogP contribution is 2.28. The number of hydrogen-bond acceptors (Lipinski definition) is 4. The molecular weight excluding hydrogens is 371 g/mol. The van der Waals surface area contributed by atoms with Crippen molar-refractivity contribution in [3.63, 3.8) is 0 Å². The van der Waals surface area contributed by atoms with Crippen LogP contribution in [0.15, 0.2) is 30.6 Å². The Morgan fingerprint density at radius 2 is 1.70 bits per heavy atom. The number of alkyl halides is 3. The molecule has 3 rings (SSSR count). The van der Waals surface area contributed by atoms with Gasteiger partial charge in [0.2, 0.25) is 0 Å². The van der Waals surface area contributed by atoms with E-state index in [0.29, 0.717) is 19.0 Å². The molecule has 0 aliphatic heterocycles. The summed E-state index contributed by atoms with van der Waals surface area (Å²) in [6, 6.07) is 2.32. The zero-order valence-corrected chi connectivity index (χ0v) is 13.9. The van der Waals surface area contributed by atoms with E-state index in [4.69, 9.17) is 0 Å². The summed E-state index contributed by atoms with van der Waals surface area (Å²) in [5, 5.41) is 5.49. The smallest absolute Gasteiger partial charge is 0.364 e. The van der Waals surface area contributed by atoms with Gasteiger partial charge in [0.15, 0.2) is 5.69 Å². The van der Waals surface area contributed by atoms with Crippen molar-refractivity contribution in [1.82, 2.24) is 15.3 Å². The summed E-state index contributed by atoms with van der Waals surface area (Å²) >= 11 is 0. The molecule has 27 heavy (non-hydrogen) atoms. The Morgan fingerprint density at radius 1 is 1.04 bits per heavy atom. The van der Waals surface area contributed by atoms with Crippen LogP contribution >= 0.6 is 0 Å². The van der Waals surface area contributed by atoms with Crippen LogP contribution in [0.5, 0.6) is 0 Å². The summed E-state index contributed by atoms with van der Waals surface area (Å²) in [4.78, 5) is 19.2. The van der Waals surface area contributed by atoms with Crippen LogP contribution in [0.3, 0.4) is 0 Å². The zero-order valence-electron chi connectivity index (χ0n) is 13.9. The van der Waals surface area contributed by atoms with Crippen molar-refractivity contribution in [3.8, 4) is 0 Å². The van der Waals surface area contributed by atoms with Gasteiger partial charge < -0.3 is 10.6 Å². The van der Waals surface area contributed by atoms with Crippen LogP contribution < -0.4 is 10.6 Å². The SMILES string of the molecule is O=C(NC1CCC[C@@H]1Nc1cnc(C(F)(F)F)cn1)c1c(F)cccc1F. The molecule has 0 bridgehead atoms. The van der Waals surface area contributed by atoms with Crippen molar-refractivity contribution in [2.45, 2.75) is 37.5 Å². The van der Waals surface area contributed by atoms with Gasteiger partial charge in [-0.3, -0.25) is 4.79 Å². The first-order valence-corrected chi connectivity index (χ1v) is 8.16. The van der Waals surface area contributed by atoms with Crippen LogP contribution in [0.1, 0.15) is 35.3 Å². The Labute approximate surface area is 151 Å². The summed E-state index contributed by atoms with van der Waals surface area (Å²) in [6.07, 6.45) is -1.15. The molecule has 144 valence electrons. The molecular formula is C17H15F5N4O. The van der Waals surface area contributed by atoms with Gasteiger partial charge in [-0.1, -0.05) is 6.07 Å². The fourth-order valence-corrected chi connectivity index (χ4v) is 3.00. The van der Waals surface area contributed by atoms with E-state index in [1.54, 1.807) is 0 Å². The van der Waals surface area contributed by atoms with Gasteiger partial charge in [-0.2, -0.15) is 13.2 Å². The summed E-state index contributed by atoms with van der Waals surface area (Å²) in [5.74, 6) is -2.71. The second kappa shape index (κ2) is 7.45. The molecule has 0 radical (unpaired) electrons. The van der Waals surface area contributed by atoms with E-state index in [1.165, 1.54) is 0 Å². The average Bonchev–Trinajstić information content (AvgIpc) is 3.01. The molecule has 0 saturated heterocycles. The largest absolute Gasteiger partial charge is 0.434 e. The van der Waals surface area contributed by atoms with Crippen LogP contribution in [0, 0.1) is 11.6 Å². The Morgan fingerprint density at radius 3 is 2.30 bits per heavy atom. The third-order valence-corrected chi connectivity index (χ3v) is 4.30. The highest BCUT2D eigenvalue weighted by atomic mass is 19.4. The number of nitrogens with one attached hydrogen (secondary N) is 2. The minimum absolute atomic E-state index is 0.117. The average molecular weight is 386 g/mol. The summed E-state index contributed by atoms with van der Waals surface area (Å²) in [7, 11) is 0. The number of hydrogen-bond donors (Lipinski definition) is 2. The van der Waals surface area contributed by atoms with E-state index >= 15 is 0 Å². The van der Waals surface area contributed by atoms with Crippen LogP contribution in [0.25, 0.3) is 0 Å². The maximum atomic E-state index is 13.7. The summed E-state index contributed by atoms with van der Waals surface area (Å²) in [5.41, 5.74) is -1.78. The number of halogens is 5. The summed E-state index contributed by atoms with van der Waals surface area (Å²) in [6.45, 7) is 0. The molecule has 2 aromatic rings. The van der Waals surface area contributed by atoms with Gasteiger partial charge in [0.05, 0.1) is 12.4 Å². The van der Waals surface area contributed by atoms with Crippen LogP contribution in [0.4, 0.5) is 27.8 Å². The third-order valence-electron chi connectivity index (χ3n) is 4.30. The lowest BCUT2D eigenvalue weighted by molar-refractivity contribution is -0.141. The molecule has 2 atom stereocenters. The van der Waals surface area contributed by atoms with Crippen LogP contribution in [-0.4, -0.2) is 28.0 Å². The zero-order chi connectivity index (χ0) is 19.6. The lowest BCUT2D eigenvalue weighted by Crippen LogP contribution is -2.44. The molecule has 1 fully saturated rings. The standard InChI is InChI=1S/C17H15F5N4O/c18-9-3-1-4-10(19)15(9)16(27)26-12-6-2-5-11(12)25-14-8-23-13(7-24-14)17(20,21)22/h1,3-4,7-8,11-12H,2,5-6H2,(H,24,25)(H,26,27)/t11-,12?/m0/s1. The number of carbonyl (C=O) groups is 1. The molecule has 1 amide bonds. The second-order valence-corrected chi connectivity index (χ2v) is 6.14. The number of aromatic nitrogens is 2. The number of carbonyl (C=O) groups excluding carboxylic acids is 1. The highest BCUT2D eigenvalue weighted by Gasteiger charge is 2.34. The first kappa shape index (κ1) is 19.0. The number of rotatable bonds is 4. The fourth-order valence-electron chi connectivity index (χ4n) is 3.00. The highest BCUT2D eigenvalue weighted by molar-refractivity contribution is 5.95. The molecule has 1 aromatic heterocycles. The van der Waals surface area contributed by atoms with Gasteiger partial charge in [-0.25, -0.2) is 18.7 Å². The maximum Gasteiger partial charge on any atom is 0.434 e. The van der Waals surface area contributed by atoms with E-state index < -0.39 is 41.0 Å². The lowest BCUT2D eigenvalue weighted by Gasteiger charge is -2.23. The van der Waals surface area contributed by atoms with Crippen molar-refractivity contribution in [3.05, 3.63) is 53.5 Å². The number of benzene rings is 1. The Bertz CT molecular complexity index is 805. The van der Waals surface area contributed by atoms with Gasteiger partial charge in [0.1, 0.15) is 23.0 Å². The topological polar surface area (TPSA) is 66.9 Å². The molecule has 5 nitrogen and oxygen atoms in total. The predicted molar refractivity (Wildman–Crippen MR) is 85.9 cm³/mol. The van der Waals surface area contributed by atoms with Gasteiger partial charge in [0, 0.05) is 12.1 Å². The number of nitrogens with zero attached hydrogens (tertiary/aromatic N) is 2. The normalized spacial score (nSPS) is 19.7. The van der Waals surface area contributed by atoms with Crippen molar-refractivity contribution in [2.75, 3.05) is 5.32 Å².